The van der Waals surface area contributed by atoms with Crippen LogP contribution >= 0.6 is 12.2 Å². The molecule has 8 heteroatoms. The number of hydrogen-bond acceptors (Lipinski definition) is 6. The Balaban J connectivity index is 1.72. The number of ether oxygens (including phenoxy) is 2. The zero-order chi connectivity index (χ0) is 19.9. The van der Waals surface area contributed by atoms with E-state index in [2.05, 4.69) is 15.3 Å². The van der Waals surface area contributed by atoms with Gasteiger partial charge in [0, 0.05) is 13.3 Å². The van der Waals surface area contributed by atoms with Crippen molar-refractivity contribution < 1.29 is 14.3 Å². The molecular formula is C20H26N4O3S. The quantitative estimate of drug-likeness (QED) is 0.324. The van der Waals surface area contributed by atoms with E-state index < -0.39 is 5.97 Å². The maximum Gasteiger partial charge on any atom is 0.308 e. The van der Waals surface area contributed by atoms with Crippen LogP contribution in [-0.4, -0.2) is 34.2 Å². The SMILES string of the molecule is COc1cc(/C=N\n2c(CCC3CCCCC3)n[nH]c2=S)ccc1OC(C)=O. The molecule has 0 saturated heterocycles. The molecule has 1 fully saturated rings. The molecule has 7 nitrogen and oxygen atoms in total. The monoisotopic (exact) mass is 402 g/mol. The zero-order valence-electron chi connectivity index (χ0n) is 16.3. The van der Waals surface area contributed by atoms with Crippen molar-refractivity contribution in [1.82, 2.24) is 14.9 Å². The summed E-state index contributed by atoms with van der Waals surface area (Å²) >= 11 is 5.32. The second kappa shape index (κ2) is 9.64. The molecule has 1 heterocycles. The van der Waals surface area contributed by atoms with E-state index in [9.17, 15) is 4.79 Å². The Morgan fingerprint density at radius 2 is 2.14 bits per heavy atom. The fraction of sp³-hybridized carbons (Fsp3) is 0.500. The molecule has 0 bridgehead atoms. The first-order valence-corrected chi connectivity index (χ1v) is 10.0. The number of nitrogens with one attached hydrogen (secondary N) is 1. The van der Waals surface area contributed by atoms with Crippen molar-refractivity contribution in [2.24, 2.45) is 11.0 Å². The third-order valence-corrected chi connectivity index (χ3v) is 5.25. The molecular weight excluding hydrogens is 376 g/mol. The second-order valence-electron chi connectivity index (χ2n) is 7.05. The highest BCUT2D eigenvalue weighted by Gasteiger charge is 2.15. The molecule has 0 spiro atoms. The van der Waals surface area contributed by atoms with Gasteiger partial charge in [-0.25, -0.2) is 0 Å². The van der Waals surface area contributed by atoms with E-state index in [1.807, 2.05) is 0 Å². The number of methoxy groups -OCH3 is 1. The Hall–Kier alpha value is -2.48. The highest BCUT2D eigenvalue weighted by Crippen LogP contribution is 2.28. The normalized spacial score (nSPS) is 15.1. The number of aryl methyl sites for hydroxylation is 1. The van der Waals surface area contributed by atoms with E-state index in [-0.39, 0.29) is 0 Å². The number of aromatic nitrogens is 3. The molecule has 1 N–H and O–H groups in total. The van der Waals surface area contributed by atoms with E-state index in [4.69, 9.17) is 21.7 Å². The summed E-state index contributed by atoms with van der Waals surface area (Å²) in [6.45, 7) is 1.35. The maximum absolute atomic E-state index is 11.2. The number of H-pyrrole nitrogens is 1. The molecule has 0 aliphatic heterocycles. The molecule has 0 unspecified atom stereocenters. The van der Waals surface area contributed by atoms with Crippen LogP contribution in [0.1, 0.15) is 56.8 Å². The van der Waals surface area contributed by atoms with Gasteiger partial charge in [-0.15, -0.1) is 0 Å². The van der Waals surface area contributed by atoms with E-state index in [1.54, 1.807) is 29.1 Å². The first kappa shape index (κ1) is 20.3. The van der Waals surface area contributed by atoms with Gasteiger partial charge >= 0.3 is 5.97 Å². The number of hydrogen-bond donors (Lipinski definition) is 1. The molecule has 1 saturated carbocycles. The summed E-state index contributed by atoms with van der Waals surface area (Å²) in [6.07, 6.45) is 10.3. The van der Waals surface area contributed by atoms with Gasteiger partial charge < -0.3 is 9.47 Å². The van der Waals surface area contributed by atoms with Gasteiger partial charge in [0.1, 0.15) is 0 Å². The standard InChI is InChI=1S/C20H26N4O3S/c1-14(25)27-17-10-8-16(12-18(17)26-2)13-21-24-19(22-23-20(24)28)11-9-15-6-4-3-5-7-15/h8,10,12-13,15H,3-7,9,11H2,1-2H3,(H,23,28)/b21-13-. The van der Waals surface area contributed by atoms with E-state index >= 15 is 0 Å². The third kappa shape index (κ3) is 5.28. The molecule has 3 rings (SSSR count). The van der Waals surface area contributed by atoms with Gasteiger partial charge in [0.15, 0.2) is 17.3 Å². The molecule has 1 aromatic heterocycles. The van der Waals surface area contributed by atoms with Crippen molar-refractivity contribution in [3.63, 3.8) is 0 Å². The Kier molecular flexibility index (Phi) is 6.97. The molecule has 1 aromatic carbocycles. The van der Waals surface area contributed by atoms with Crippen molar-refractivity contribution in [2.45, 2.75) is 51.9 Å². The lowest BCUT2D eigenvalue weighted by Gasteiger charge is -2.20. The lowest BCUT2D eigenvalue weighted by atomic mass is 9.86. The first-order chi connectivity index (χ1) is 13.6. The van der Waals surface area contributed by atoms with Crippen LogP contribution in [0, 0.1) is 10.7 Å². The molecule has 2 aromatic rings. The highest BCUT2D eigenvalue weighted by atomic mass is 32.1. The van der Waals surface area contributed by atoms with Crippen LogP contribution in [0.4, 0.5) is 0 Å². The predicted molar refractivity (Wildman–Crippen MR) is 110 cm³/mol. The smallest absolute Gasteiger partial charge is 0.308 e. The number of rotatable bonds is 7. The summed E-state index contributed by atoms with van der Waals surface area (Å²) in [6, 6.07) is 5.24. The van der Waals surface area contributed by atoms with E-state index in [0.717, 1.165) is 30.1 Å². The van der Waals surface area contributed by atoms with Crippen molar-refractivity contribution in [3.05, 3.63) is 34.4 Å². The minimum atomic E-state index is -0.396. The summed E-state index contributed by atoms with van der Waals surface area (Å²) in [5.74, 6) is 2.06. The van der Waals surface area contributed by atoms with Gasteiger partial charge in [0.2, 0.25) is 4.77 Å². The van der Waals surface area contributed by atoms with Crippen LogP contribution in [0.2, 0.25) is 0 Å². The summed E-state index contributed by atoms with van der Waals surface area (Å²) in [4.78, 5) is 11.2. The molecule has 0 amide bonds. The lowest BCUT2D eigenvalue weighted by molar-refractivity contribution is -0.132. The first-order valence-electron chi connectivity index (χ1n) is 9.64. The Morgan fingerprint density at radius 1 is 1.36 bits per heavy atom. The van der Waals surface area contributed by atoms with Crippen LogP contribution < -0.4 is 9.47 Å². The molecule has 0 radical (unpaired) electrons. The number of benzene rings is 1. The van der Waals surface area contributed by atoms with Crippen LogP contribution in [0.5, 0.6) is 11.5 Å². The molecule has 1 aliphatic rings. The van der Waals surface area contributed by atoms with Crippen LogP contribution in [-0.2, 0) is 11.2 Å². The fourth-order valence-corrected chi connectivity index (χ4v) is 3.74. The molecule has 0 atom stereocenters. The summed E-state index contributed by atoms with van der Waals surface area (Å²) in [5.41, 5.74) is 0.800. The Bertz CT molecular complexity index is 897. The zero-order valence-corrected chi connectivity index (χ0v) is 17.1. The van der Waals surface area contributed by atoms with Crippen molar-refractivity contribution >= 4 is 24.4 Å². The number of carbonyl (C=O) groups is 1. The maximum atomic E-state index is 11.2. The van der Waals surface area contributed by atoms with Crippen LogP contribution in [0.25, 0.3) is 0 Å². The second-order valence-corrected chi connectivity index (χ2v) is 7.43. The number of nitrogens with zero attached hydrogens (tertiary/aromatic N) is 3. The predicted octanol–water partition coefficient (Wildman–Crippen LogP) is 4.27. The summed E-state index contributed by atoms with van der Waals surface area (Å²) < 4.78 is 12.6. The molecule has 28 heavy (non-hydrogen) atoms. The number of aromatic amines is 1. The fourth-order valence-electron chi connectivity index (χ4n) is 3.54. The highest BCUT2D eigenvalue weighted by molar-refractivity contribution is 7.71. The van der Waals surface area contributed by atoms with Crippen molar-refractivity contribution in [3.8, 4) is 11.5 Å². The van der Waals surface area contributed by atoms with E-state index in [0.29, 0.717) is 16.3 Å². The minimum Gasteiger partial charge on any atom is -0.493 e. The lowest BCUT2D eigenvalue weighted by Crippen LogP contribution is -2.09. The minimum absolute atomic E-state index is 0.375. The number of esters is 1. The summed E-state index contributed by atoms with van der Waals surface area (Å²) in [5, 5.41) is 11.7. The average Bonchev–Trinajstić information content (AvgIpc) is 3.05. The van der Waals surface area contributed by atoms with Crippen molar-refractivity contribution in [1.29, 1.82) is 0 Å². The van der Waals surface area contributed by atoms with Crippen LogP contribution in [0.3, 0.4) is 0 Å². The Morgan fingerprint density at radius 3 is 2.86 bits per heavy atom. The van der Waals surface area contributed by atoms with Gasteiger partial charge in [0.05, 0.1) is 13.3 Å². The average molecular weight is 403 g/mol. The van der Waals surface area contributed by atoms with Gasteiger partial charge in [0.25, 0.3) is 0 Å². The van der Waals surface area contributed by atoms with Gasteiger partial charge in [-0.2, -0.15) is 14.9 Å². The summed E-state index contributed by atoms with van der Waals surface area (Å²) in [7, 11) is 1.53. The molecule has 1 aliphatic carbocycles. The molecule has 150 valence electrons. The van der Waals surface area contributed by atoms with Crippen molar-refractivity contribution in [2.75, 3.05) is 7.11 Å². The van der Waals surface area contributed by atoms with Gasteiger partial charge in [-0.05, 0) is 48.3 Å². The Labute approximate surface area is 169 Å². The van der Waals surface area contributed by atoms with Gasteiger partial charge in [-0.1, -0.05) is 32.1 Å². The van der Waals surface area contributed by atoms with Crippen LogP contribution in [0.15, 0.2) is 23.3 Å². The topological polar surface area (TPSA) is 81.5 Å². The van der Waals surface area contributed by atoms with Gasteiger partial charge in [-0.3, -0.25) is 9.89 Å². The number of carbonyl (C=O) groups excluding carboxylic acids is 1. The van der Waals surface area contributed by atoms with E-state index in [1.165, 1.54) is 46.1 Å². The third-order valence-electron chi connectivity index (χ3n) is 4.98. The largest absolute Gasteiger partial charge is 0.493 e.